The van der Waals surface area contributed by atoms with Gasteiger partial charge in [-0.25, -0.2) is 0 Å². The van der Waals surface area contributed by atoms with Crippen LogP contribution in [0.3, 0.4) is 0 Å². The number of dihydropyridines is 1. The first-order valence-corrected chi connectivity index (χ1v) is 8.03. The van der Waals surface area contributed by atoms with Gasteiger partial charge in [-0.05, 0) is 31.9 Å². The Kier molecular flexibility index (Phi) is 8.64. The molecule has 2 heteroatoms. The molecule has 1 rings (SSSR count). The van der Waals surface area contributed by atoms with Crippen LogP contribution in [0.25, 0.3) is 0 Å². The summed E-state index contributed by atoms with van der Waals surface area (Å²) >= 11 is 0. The van der Waals surface area contributed by atoms with Crippen molar-refractivity contribution in [3.8, 4) is 0 Å². The van der Waals surface area contributed by atoms with Crippen molar-refractivity contribution in [2.75, 3.05) is 19.6 Å². The maximum atomic E-state index is 3.53. The molecule has 1 unspecified atom stereocenters. The number of unbranched alkanes of at least 4 members (excludes halogenated alkanes) is 2. The van der Waals surface area contributed by atoms with Crippen LogP contribution in [0.2, 0.25) is 0 Å². The third kappa shape index (κ3) is 8.10. The van der Waals surface area contributed by atoms with Gasteiger partial charge in [0, 0.05) is 18.8 Å². The van der Waals surface area contributed by atoms with Crippen molar-refractivity contribution >= 4 is 0 Å². The Hall–Kier alpha value is -0.760. The molecule has 0 fully saturated rings. The predicted molar refractivity (Wildman–Crippen MR) is 85.3 cm³/mol. The highest BCUT2D eigenvalue weighted by Gasteiger charge is 2.02. The standard InChI is InChI=1S/C17H32N2/c1-4-5-8-15(2)9-6-7-12-18-14-17-11-10-16(3)13-19-17/h10-11,15,18-19H,4-9,12-14H2,1-3H3. The summed E-state index contributed by atoms with van der Waals surface area (Å²) in [4.78, 5) is 0. The van der Waals surface area contributed by atoms with Gasteiger partial charge in [0.15, 0.2) is 0 Å². The topological polar surface area (TPSA) is 24.1 Å². The van der Waals surface area contributed by atoms with Crippen LogP contribution < -0.4 is 10.6 Å². The average Bonchev–Trinajstić information content (AvgIpc) is 2.42. The van der Waals surface area contributed by atoms with Gasteiger partial charge in [0.05, 0.1) is 0 Å². The van der Waals surface area contributed by atoms with Crippen LogP contribution in [-0.4, -0.2) is 19.6 Å². The summed E-state index contributed by atoms with van der Waals surface area (Å²) in [5.74, 6) is 0.913. The van der Waals surface area contributed by atoms with Crippen LogP contribution in [0.1, 0.15) is 59.3 Å². The maximum Gasteiger partial charge on any atom is 0.0358 e. The minimum Gasteiger partial charge on any atom is -0.384 e. The van der Waals surface area contributed by atoms with E-state index in [-0.39, 0.29) is 0 Å². The van der Waals surface area contributed by atoms with Gasteiger partial charge in [-0.2, -0.15) is 0 Å². The van der Waals surface area contributed by atoms with Gasteiger partial charge in [0.25, 0.3) is 0 Å². The molecular weight excluding hydrogens is 232 g/mol. The van der Waals surface area contributed by atoms with Gasteiger partial charge in [-0.1, -0.05) is 57.6 Å². The fourth-order valence-electron chi connectivity index (χ4n) is 2.40. The Balaban J connectivity index is 1.94. The summed E-state index contributed by atoms with van der Waals surface area (Å²) in [6.07, 6.45) is 12.6. The minimum absolute atomic E-state index is 0.913. The van der Waals surface area contributed by atoms with Crippen molar-refractivity contribution in [2.24, 2.45) is 5.92 Å². The lowest BCUT2D eigenvalue weighted by molar-refractivity contribution is 0.446. The Labute approximate surface area is 119 Å². The Morgan fingerprint density at radius 2 is 2.00 bits per heavy atom. The van der Waals surface area contributed by atoms with Crippen LogP contribution >= 0.6 is 0 Å². The fourth-order valence-corrected chi connectivity index (χ4v) is 2.40. The second-order valence-electron chi connectivity index (χ2n) is 5.98. The maximum absolute atomic E-state index is 3.53. The third-order valence-electron chi connectivity index (χ3n) is 3.83. The molecule has 1 aliphatic rings. The van der Waals surface area contributed by atoms with Gasteiger partial charge in [-0.3, -0.25) is 0 Å². The second-order valence-corrected chi connectivity index (χ2v) is 5.98. The van der Waals surface area contributed by atoms with Crippen molar-refractivity contribution in [3.05, 3.63) is 23.4 Å². The van der Waals surface area contributed by atoms with Crippen molar-refractivity contribution in [1.29, 1.82) is 0 Å². The Morgan fingerprint density at radius 3 is 2.68 bits per heavy atom. The highest BCUT2D eigenvalue weighted by Crippen LogP contribution is 2.14. The Bertz CT molecular complexity index is 292. The molecule has 19 heavy (non-hydrogen) atoms. The highest BCUT2D eigenvalue weighted by atomic mass is 15.0. The smallest absolute Gasteiger partial charge is 0.0358 e. The van der Waals surface area contributed by atoms with Crippen LogP contribution in [0.4, 0.5) is 0 Å². The van der Waals surface area contributed by atoms with Crippen molar-refractivity contribution in [3.63, 3.8) is 0 Å². The number of rotatable bonds is 10. The number of hydrogen-bond donors (Lipinski definition) is 2. The van der Waals surface area contributed by atoms with Crippen LogP contribution in [0.5, 0.6) is 0 Å². The zero-order valence-corrected chi connectivity index (χ0v) is 13.1. The summed E-state index contributed by atoms with van der Waals surface area (Å²) in [5.41, 5.74) is 2.73. The highest BCUT2D eigenvalue weighted by molar-refractivity contribution is 5.23. The lowest BCUT2D eigenvalue weighted by Crippen LogP contribution is -2.28. The molecule has 110 valence electrons. The predicted octanol–water partition coefficient (Wildman–Crippen LogP) is 4.01. The summed E-state index contributed by atoms with van der Waals surface area (Å²) < 4.78 is 0. The summed E-state index contributed by atoms with van der Waals surface area (Å²) in [7, 11) is 0. The molecule has 1 aliphatic heterocycles. The number of allylic oxidation sites excluding steroid dienone is 2. The molecule has 0 saturated carbocycles. The summed E-state index contributed by atoms with van der Waals surface area (Å²) in [5, 5.41) is 6.96. The lowest BCUT2D eigenvalue weighted by Gasteiger charge is -2.16. The molecule has 2 nitrogen and oxygen atoms in total. The lowest BCUT2D eigenvalue weighted by atomic mass is 9.98. The van der Waals surface area contributed by atoms with Crippen molar-refractivity contribution in [2.45, 2.75) is 59.3 Å². The molecule has 0 amide bonds. The molecule has 2 N–H and O–H groups in total. The normalized spacial score (nSPS) is 16.6. The molecule has 0 bridgehead atoms. The monoisotopic (exact) mass is 264 g/mol. The van der Waals surface area contributed by atoms with Gasteiger partial charge in [0.1, 0.15) is 0 Å². The van der Waals surface area contributed by atoms with E-state index in [0.717, 1.165) is 25.6 Å². The Morgan fingerprint density at radius 1 is 1.21 bits per heavy atom. The zero-order chi connectivity index (χ0) is 13.9. The van der Waals surface area contributed by atoms with Gasteiger partial charge in [0.2, 0.25) is 0 Å². The summed E-state index contributed by atoms with van der Waals surface area (Å²) in [6.45, 7) is 9.96. The van der Waals surface area contributed by atoms with E-state index in [9.17, 15) is 0 Å². The van der Waals surface area contributed by atoms with Crippen LogP contribution in [-0.2, 0) is 0 Å². The molecule has 0 aliphatic carbocycles. The molecule has 0 radical (unpaired) electrons. The molecule has 0 aromatic heterocycles. The van der Waals surface area contributed by atoms with Crippen molar-refractivity contribution < 1.29 is 0 Å². The van der Waals surface area contributed by atoms with E-state index in [1.54, 1.807) is 0 Å². The average molecular weight is 264 g/mol. The van der Waals surface area contributed by atoms with E-state index >= 15 is 0 Å². The quantitative estimate of drug-likeness (QED) is 0.583. The molecule has 0 aromatic carbocycles. The van der Waals surface area contributed by atoms with E-state index in [0.29, 0.717) is 0 Å². The van der Waals surface area contributed by atoms with Gasteiger partial charge < -0.3 is 10.6 Å². The van der Waals surface area contributed by atoms with Gasteiger partial charge in [-0.15, -0.1) is 0 Å². The van der Waals surface area contributed by atoms with E-state index < -0.39 is 0 Å². The van der Waals surface area contributed by atoms with E-state index in [2.05, 4.69) is 43.6 Å². The molecule has 0 saturated heterocycles. The van der Waals surface area contributed by atoms with Crippen molar-refractivity contribution in [1.82, 2.24) is 10.6 Å². The third-order valence-corrected chi connectivity index (χ3v) is 3.83. The van der Waals surface area contributed by atoms with E-state index in [4.69, 9.17) is 0 Å². The summed E-state index contributed by atoms with van der Waals surface area (Å²) in [6, 6.07) is 0. The largest absolute Gasteiger partial charge is 0.384 e. The van der Waals surface area contributed by atoms with Crippen LogP contribution in [0.15, 0.2) is 23.4 Å². The van der Waals surface area contributed by atoms with E-state index in [1.165, 1.54) is 49.8 Å². The number of hydrogen-bond acceptors (Lipinski definition) is 2. The van der Waals surface area contributed by atoms with Gasteiger partial charge >= 0.3 is 0 Å². The minimum atomic E-state index is 0.913. The number of nitrogens with one attached hydrogen (secondary N) is 2. The first-order chi connectivity index (χ1) is 9.22. The first kappa shape index (κ1) is 16.3. The second kappa shape index (κ2) is 10.1. The van der Waals surface area contributed by atoms with E-state index in [1.807, 2.05) is 0 Å². The molecule has 1 atom stereocenters. The zero-order valence-electron chi connectivity index (χ0n) is 13.1. The molecule has 1 heterocycles. The molecular formula is C17H32N2. The molecule has 0 aromatic rings. The first-order valence-electron chi connectivity index (χ1n) is 8.03. The van der Waals surface area contributed by atoms with Crippen LogP contribution in [0, 0.1) is 5.92 Å². The SMILES string of the molecule is CCCCC(C)CCCCNCC1=CC=C(C)CN1. The molecule has 0 spiro atoms. The fraction of sp³-hybridized carbons (Fsp3) is 0.765.